The van der Waals surface area contributed by atoms with E-state index in [0.717, 1.165) is 22.6 Å². The topological polar surface area (TPSA) is 39.7 Å². The zero-order chi connectivity index (χ0) is 14.9. The van der Waals surface area contributed by atoms with E-state index in [9.17, 15) is 0 Å². The number of hydrogen-bond acceptors (Lipinski definition) is 4. The Labute approximate surface area is 125 Å². The molecule has 2 rings (SSSR count). The van der Waals surface area contributed by atoms with Gasteiger partial charge in [-0.05, 0) is 18.6 Å². The lowest BCUT2D eigenvalue weighted by molar-refractivity contribution is 0.0857. The summed E-state index contributed by atoms with van der Waals surface area (Å²) in [7, 11) is 1.59. The average Bonchev–Trinajstić information content (AvgIpc) is 2.53. The normalized spacial score (nSPS) is 10.4. The molecule has 0 unspecified atom stereocenters. The predicted molar refractivity (Wildman–Crippen MR) is 82.2 cm³/mol. The maximum absolute atomic E-state index is 5.98. The molecule has 0 aromatic heterocycles. The Kier molecular flexibility index (Phi) is 6.06. The standard InChI is InChI=1S/C17H21NO3/c1-3-20-16-11-7-10-15(12-18-19-2)17(16)21-13-14-8-5-4-6-9-14/h4-11,18H,3,12-13H2,1-2H3. The van der Waals surface area contributed by atoms with Crippen molar-refractivity contribution in [2.75, 3.05) is 13.7 Å². The Hall–Kier alpha value is -2.04. The van der Waals surface area contributed by atoms with Crippen molar-refractivity contribution in [3.05, 3.63) is 59.7 Å². The van der Waals surface area contributed by atoms with Crippen LogP contribution in [0.25, 0.3) is 0 Å². The molecule has 0 aliphatic carbocycles. The van der Waals surface area contributed by atoms with Crippen molar-refractivity contribution in [1.82, 2.24) is 5.48 Å². The average molecular weight is 287 g/mol. The Bertz CT molecular complexity index is 543. The Morgan fingerprint density at radius 1 is 0.952 bits per heavy atom. The van der Waals surface area contributed by atoms with E-state index in [1.165, 1.54) is 0 Å². The highest BCUT2D eigenvalue weighted by Crippen LogP contribution is 2.32. The van der Waals surface area contributed by atoms with Gasteiger partial charge in [0.15, 0.2) is 11.5 Å². The van der Waals surface area contributed by atoms with Crippen LogP contribution in [-0.4, -0.2) is 13.7 Å². The molecule has 4 heteroatoms. The highest BCUT2D eigenvalue weighted by atomic mass is 16.6. The van der Waals surface area contributed by atoms with Gasteiger partial charge in [-0.25, -0.2) is 0 Å². The lowest BCUT2D eigenvalue weighted by Crippen LogP contribution is -2.12. The first kappa shape index (κ1) is 15.4. The van der Waals surface area contributed by atoms with Crippen LogP contribution in [-0.2, 0) is 18.0 Å². The van der Waals surface area contributed by atoms with Gasteiger partial charge in [-0.15, -0.1) is 0 Å². The van der Waals surface area contributed by atoms with Crippen molar-refractivity contribution in [2.45, 2.75) is 20.1 Å². The van der Waals surface area contributed by atoms with E-state index < -0.39 is 0 Å². The highest BCUT2D eigenvalue weighted by molar-refractivity contribution is 5.46. The Balaban J connectivity index is 2.17. The van der Waals surface area contributed by atoms with Crippen LogP contribution in [0.4, 0.5) is 0 Å². The Morgan fingerprint density at radius 2 is 1.76 bits per heavy atom. The number of ether oxygens (including phenoxy) is 2. The zero-order valence-corrected chi connectivity index (χ0v) is 12.5. The van der Waals surface area contributed by atoms with Gasteiger partial charge in [0.25, 0.3) is 0 Å². The molecule has 0 amide bonds. The first-order valence-electron chi connectivity index (χ1n) is 7.02. The van der Waals surface area contributed by atoms with Crippen LogP contribution in [0.5, 0.6) is 11.5 Å². The number of para-hydroxylation sites is 1. The minimum absolute atomic E-state index is 0.505. The second-order valence-corrected chi connectivity index (χ2v) is 4.48. The van der Waals surface area contributed by atoms with Crippen molar-refractivity contribution in [3.8, 4) is 11.5 Å². The van der Waals surface area contributed by atoms with Crippen molar-refractivity contribution < 1.29 is 14.3 Å². The number of nitrogens with one attached hydrogen (secondary N) is 1. The van der Waals surface area contributed by atoms with E-state index in [1.54, 1.807) is 7.11 Å². The molecule has 0 saturated heterocycles. The molecular weight excluding hydrogens is 266 g/mol. The van der Waals surface area contributed by atoms with Gasteiger partial charge in [-0.3, -0.25) is 0 Å². The van der Waals surface area contributed by atoms with Crippen molar-refractivity contribution in [2.24, 2.45) is 0 Å². The predicted octanol–water partition coefficient (Wildman–Crippen LogP) is 3.32. The summed E-state index contributed by atoms with van der Waals surface area (Å²) in [4.78, 5) is 4.92. The number of benzene rings is 2. The second kappa shape index (κ2) is 8.29. The number of hydrogen-bond donors (Lipinski definition) is 1. The molecule has 0 saturated carbocycles. The van der Waals surface area contributed by atoms with Gasteiger partial charge in [-0.2, -0.15) is 5.48 Å². The van der Waals surface area contributed by atoms with E-state index in [4.69, 9.17) is 14.3 Å². The van der Waals surface area contributed by atoms with Gasteiger partial charge < -0.3 is 14.3 Å². The maximum atomic E-state index is 5.98. The van der Waals surface area contributed by atoms with E-state index in [1.807, 2.05) is 55.5 Å². The molecule has 0 fully saturated rings. The molecule has 0 radical (unpaired) electrons. The monoisotopic (exact) mass is 287 g/mol. The molecule has 0 bridgehead atoms. The van der Waals surface area contributed by atoms with Crippen LogP contribution in [0.2, 0.25) is 0 Å². The summed E-state index contributed by atoms with van der Waals surface area (Å²) >= 11 is 0. The maximum Gasteiger partial charge on any atom is 0.166 e. The summed E-state index contributed by atoms with van der Waals surface area (Å²) in [6.07, 6.45) is 0. The van der Waals surface area contributed by atoms with Gasteiger partial charge in [0.1, 0.15) is 6.61 Å². The third kappa shape index (κ3) is 4.48. The third-order valence-corrected chi connectivity index (χ3v) is 2.99. The fourth-order valence-electron chi connectivity index (χ4n) is 2.01. The van der Waals surface area contributed by atoms with Crippen LogP contribution in [0, 0.1) is 0 Å². The van der Waals surface area contributed by atoms with Crippen molar-refractivity contribution in [1.29, 1.82) is 0 Å². The van der Waals surface area contributed by atoms with Crippen molar-refractivity contribution in [3.63, 3.8) is 0 Å². The summed E-state index contributed by atoms with van der Waals surface area (Å²) < 4.78 is 11.6. The van der Waals surface area contributed by atoms with Crippen LogP contribution >= 0.6 is 0 Å². The Morgan fingerprint density at radius 3 is 2.48 bits per heavy atom. The smallest absolute Gasteiger partial charge is 0.166 e. The summed E-state index contributed by atoms with van der Waals surface area (Å²) in [6.45, 7) is 3.62. The van der Waals surface area contributed by atoms with Gasteiger partial charge in [-0.1, -0.05) is 42.5 Å². The summed E-state index contributed by atoms with van der Waals surface area (Å²) in [5.41, 5.74) is 4.96. The fraction of sp³-hybridized carbons (Fsp3) is 0.294. The third-order valence-electron chi connectivity index (χ3n) is 2.99. The second-order valence-electron chi connectivity index (χ2n) is 4.48. The van der Waals surface area contributed by atoms with E-state index in [-0.39, 0.29) is 0 Å². The fourth-order valence-corrected chi connectivity index (χ4v) is 2.01. The first-order chi connectivity index (χ1) is 10.3. The molecule has 0 spiro atoms. The largest absolute Gasteiger partial charge is 0.490 e. The summed E-state index contributed by atoms with van der Waals surface area (Å²) in [5, 5.41) is 0. The number of rotatable bonds is 8. The summed E-state index contributed by atoms with van der Waals surface area (Å²) in [5.74, 6) is 1.51. The highest BCUT2D eigenvalue weighted by Gasteiger charge is 2.11. The molecule has 21 heavy (non-hydrogen) atoms. The molecular formula is C17H21NO3. The van der Waals surface area contributed by atoms with Crippen LogP contribution < -0.4 is 15.0 Å². The lowest BCUT2D eigenvalue weighted by atomic mass is 10.2. The van der Waals surface area contributed by atoms with Gasteiger partial charge in [0.2, 0.25) is 0 Å². The summed E-state index contributed by atoms with van der Waals surface area (Å²) in [6, 6.07) is 15.9. The molecule has 1 N–H and O–H groups in total. The van der Waals surface area contributed by atoms with E-state index >= 15 is 0 Å². The van der Waals surface area contributed by atoms with Gasteiger partial charge in [0.05, 0.1) is 13.7 Å². The van der Waals surface area contributed by atoms with E-state index in [2.05, 4.69) is 5.48 Å². The van der Waals surface area contributed by atoms with Crippen LogP contribution in [0.3, 0.4) is 0 Å². The first-order valence-corrected chi connectivity index (χ1v) is 7.02. The molecule has 112 valence electrons. The zero-order valence-electron chi connectivity index (χ0n) is 12.5. The van der Waals surface area contributed by atoms with Crippen LogP contribution in [0.1, 0.15) is 18.1 Å². The van der Waals surface area contributed by atoms with Crippen LogP contribution in [0.15, 0.2) is 48.5 Å². The van der Waals surface area contributed by atoms with Crippen molar-refractivity contribution >= 4 is 0 Å². The lowest BCUT2D eigenvalue weighted by Gasteiger charge is -2.16. The molecule has 0 aliphatic rings. The molecule has 0 atom stereocenters. The quantitative estimate of drug-likeness (QED) is 0.756. The molecule has 0 aliphatic heterocycles. The molecule has 2 aromatic rings. The number of hydroxylamine groups is 1. The molecule has 2 aromatic carbocycles. The SMILES string of the molecule is CCOc1cccc(CNOC)c1OCc1ccccc1. The van der Waals surface area contributed by atoms with Gasteiger partial charge >= 0.3 is 0 Å². The molecule has 0 heterocycles. The molecule has 4 nitrogen and oxygen atoms in total. The van der Waals surface area contributed by atoms with E-state index in [0.29, 0.717) is 19.8 Å². The minimum atomic E-state index is 0.505. The van der Waals surface area contributed by atoms with Gasteiger partial charge in [0, 0.05) is 12.1 Å². The minimum Gasteiger partial charge on any atom is -0.490 e.